The Morgan fingerprint density at radius 1 is 1.26 bits per heavy atom. The van der Waals surface area contributed by atoms with E-state index in [0.717, 1.165) is 30.6 Å². The van der Waals surface area contributed by atoms with Gasteiger partial charge in [0, 0.05) is 25.1 Å². The van der Waals surface area contributed by atoms with Gasteiger partial charge in [-0.15, -0.1) is 0 Å². The lowest BCUT2D eigenvalue weighted by atomic mass is 9.79. The molecule has 1 aromatic carbocycles. The molecule has 3 rings (SSSR count). The van der Waals surface area contributed by atoms with Crippen LogP contribution >= 0.6 is 0 Å². The van der Waals surface area contributed by atoms with Crippen LogP contribution in [0.25, 0.3) is 5.69 Å². The average Bonchev–Trinajstić information content (AvgIpc) is 2.68. The van der Waals surface area contributed by atoms with E-state index in [-0.39, 0.29) is 17.0 Å². The van der Waals surface area contributed by atoms with Crippen LogP contribution in [0, 0.1) is 11.2 Å². The van der Waals surface area contributed by atoms with Crippen molar-refractivity contribution in [3.63, 3.8) is 0 Å². The SMILES string of the molecule is COCC1(CNC(=O)c2ccc(=O)n(-c3ccc(F)cc3)n2)CCNCC1. The average molecular weight is 374 g/mol. The zero-order chi connectivity index (χ0) is 19.3. The molecule has 0 saturated carbocycles. The van der Waals surface area contributed by atoms with Crippen molar-refractivity contribution in [2.75, 3.05) is 33.4 Å². The molecule has 1 fully saturated rings. The van der Waals surface area contributed by atoms with Crippen molar-refractivity contribution in [3.05, 3.63) is 58.3 Å². The molecule has 0 unspecified atom stereocenters. The number of rotatable bonds is 6. The second kappa shape index (κ2) is 8.41. The number of ether oxygens (including phenoxy) is 1. The number of carbonyl (C=O) groups is 1. The highest BCUT2D eigenvalue weighted by Gasteiger charge is 2.32. The normalized spacial score (nSPS) is 16.1. The molecule has 0 radical (unpaired) electrons. The zero-order valence-electron chi connectivity index (χ0n) is 15.2. The number of hydrogen-bond donors (Lipinski definition) is 2. The van der Waals surface area contributed by atoms with Crippen LogP contribution in [0.5, 0.6) is 0 Å². The van der Waals surface area contributed by atoms with Crippen molar-refractivity contribution in [3.8, 4) is 5.69 Å². The van der Waals surface area contributed by atoms with Crippen molar-refractivity contribution in [1.29, 1.82) is 0 Å². The Kier molecular flexibility index (Phi) is 5.98. The molecule has 2 N–H and O–H groups in total. The first-order valence-corrected chi connectivity index (χ1v) is 8.87. The van der Waals surface area contributed by atoms with Crippen molar-refractivity contribution >= 4 is 5.91 Å². The van der Waals surface area contributed by atoms with Gasteiger partial charge in [0.15, 0.2) is 0 Å². The number of methoxy groups -OCH3 is 1. The lowest BCUT2D eigenvalue weighted by Crippen LogP contribution is -2.47. The third-order valence-electron chi connectivity index (χ3n) is 4.84. The van der Waals surface area contributed by atoms with Crippen LogP contribution in [0.2, 0.25) is 0 Å². The minimum Gasteiger partial charge on any atom is -0.384 e. The van der Waals surface area contributed by atoms with Gasteiger partial charge in [-0.05, 0) is 56.3 Å². The van der Waals surface area contributed by atoms with E-state index in [4.69, 9.17) is 4.74 Å². The number of halogens is 1. The molecule has 0 spiro atoms. The first-order valence-electron chi connectivity index (χ1n) is 8.87. The first-order chi connectivity index (χ1) is 13.0. The molecule has 1 aliphatic rings. The summed E-state index contributed by atoms with van der Waals surface area (Å²) in [5, 5.41) is 10.4. The fourth-order valence-electron chi connectivity index (χ4n) is 3.29. The highest BCUT2D eigenvalue weighted by Crippen LogP contribution is 2.28. The van der Waals surface area contributed by atoms with Gasteiger partial charge in [-0.3, -0.25) is 9.59 Å². The van der Waals surface area contributed by atoms with Gasteiger partial charge in [0.2, 0.25) is 0 Å². The number of piperidine rings is 1. The van der Waals surface area contributed by atoms with Crippen molar-refractivity contribution < 1.29 is 13.9 Å². The third-order valence-corrected chi connectivity index (χ3v) is 4.84. The van der Waals surface area contributed by atoms with Gasteiger partial charge < -0.3 is 15.4 Å². The molecule has 0 aliphatic carbocycles. The topological polar surface area (TPSA) is 85.2 Å². The summed E-state index contributed by atoms with van der Waals surface area (Å²) in [4.78, 5) is 24.6. The summed E-state index contributed by atoms with van der Waals surface area (Å²) in [5.41, 5.74) is 0.0131. The molecule has 27 heavy (non-hydrogen) atoms. The molecule has 2 heterocycles. The van der Waals surface area contributed by atoms with Crippen molar-refractivity contribution in [2.24, 2.45) is 5.41 Å². The summed E-state index contributed by atoms with van der Waals surface area (Å²) in [6.07, 6.45) is 1.81. The third kappa shape index (κ3) is 4.58. The highest BCUT2D eigenvalue weighted by atomic mass is 19.1. The van der Waals surface area contributed by atoms with Crippen LogP contribution in [0.15, 0.2) is 41.2 Å². The van der Waals surface area contributed by atoms with Crippen LogP contribution in [-0.4, -0.2) is 49.0 Å². The van der Waals surface area contributed by atoms with Crippen molar-refractivity contribution in [2.45, 2.75) is 12.8 Å². The van der Waals surface area contributed by atoms with Crippen LogP contribution in [0.3, 0.4) is 0 Å². The molecule has 1 amide bonds. The summed E-state index contributed by atoms with van der Waals surface area (Å²) >= 11 is 0. The van der Waals surface area contributed by atoms with E-state index in [0.29, 0.717) is 18.8 Å². The Balaban J connectivity index is 1.76. The molecular weight excluding hydrogens is 351 g/mol. The highest BCUT2D eigenvalue weighted by molar-refractivity contribution is 5.92. The Labute approximate surface area is 156 Å². The second-order valence-electron chi connectivity index (χ2n) is 6.81. The molecule has 0 bridgehead atoms. The van der Waals surface area contributed by atoms with Crippen LogP contribution < -0.4 is 16.2 Å². The van der Waals surface area contributed by atoms with E-state index in [1.807, 2.05) is 0 Å². The minimum absolute atomic E-state index is 0.110. The van der Waals surface area contributed by atoms with E-state index in [1.165, 1.54) is 36.4 Å². The molecule has 7 nitrogen and oxygen atoms in total. The molecule has 1 saturated heterocycles. The Morgan fingerprint density at radius 2 is 1.96 bits per heavy atom. The van der Waals surface area contributed by atoms with E-state index in [1.54, 1.807) is 7.11 Å². The number of hydrogen-bond acceptors (Lipinski definition) is 5. The summed E-state index contributed by atoms with van der Waals surface area (Å²) < 4.78 is 19.5. The number of amides is 1. The number of nitrogens with zero attached hydrogens (tertiary/aromatic N) is 2. The monoisotopic (exact) mass is 374 g/mol. The zero-order valence-corrected chi connectivity index (χ0v) is 15.2. The fourth-order valence-corrected chi connectivity index (χ4v) is 3.29. The Bertz CT molecular complexity index is 839. The lowest BCUT2D eigenvalue weighted by Gasteiger charge is -2.37. The summed E-state index contributed by atoms with van der Waals surface area (Å²) in [6, 6.07) is 8.02. The summed E-state index contributed by atoms with van der Waals surface area (Å²) in [7, 11) is 1.66. The van der Waals surface area contributed by atoms with Gasteiger partial charge in [-0.1, -0.05) is 0 Å². The number of benzene rings is 1. The van der Waals surface area contributed by atoms with Gasteiger partial charge in [0.25, 0.3) is 11.5 Å². The number of carbonyl (C=O) groups excluding carboxylic acids is 1. The first kappa shape index (κ1) is 19.2. The van der Waals surface area contributed by atoms with Gasteiger partial charge in [0.1, 0.15) is 11.5 Å². The maximum Gasteiger partial charge on any atom is 0.271 e. The summed E-state index contributed by atoms with van der Waals surface area (Å²) in [5.74, 6) is -0.772. The van der Waals surface area contributed by atoms with Gasteiger partial charge in [0.05, 0.1) is 12.3 Å². The van der Waals surface area contributed by atoms with E-state index < -0.39 is 11.4 Å². The van der Waals surface area contributed by atoms with Gasteiger partial charge >= 0.3 is 0 Å². The second-order valence-corrected chi connectivity index (χ2v) is 6.81. The lowest BCUT2D eigenvalue weighted by molar-refractivity contribution is 0.0510. The molecule has 0 atom stereocenters. The largest absolute Gasteiger partial charge is 0.384 e. The summed E-state index contributed by atoms with van der Waals surface area (Å²) in [6.45, 7) is 2.80. The predicted octanol–water partition coefficient (Wildman–Crippen LogP) is 1.12. The quantitative estimate of drug-likeness (QED) is 0.791. The number of nitrogens with one attached hydrogen (secondary N) is 2. The molecule has 1 aliphatic heterocycles. The van der Waals surface area contributed by atoms with Crippen LogP contribution in [-0.2, 0) is 4.74 Å². The number of aromatic nitrogens is 2. The van der Waals surface area contributed by atoms with E-state index in [9.17, 15) is 14.0 Å². The van der Waals surface area contributed by atoms with Gasteiger partial charge in [-0.2, -0.15) is 9.78 Å². The van der Waals surface area contributed by atoms with E-state index >= 15 is 0 Å². The molecular formula is C19H23FN4O3. The standard InChI is InChI=1S/C19H23FN4O3/c1-27-13-19(8-10-21-11-9-19)12-22-18(26)16-6-7-17(25)24(23-16)15-4-2-14(20)3-5-15/h2-7,21H,8-13H2,1H3,(H,22,26). The smallest absolute Gasteiger partial charge is 0.271 e. The van der Waals surface area contributed by atoms with Crippen LogP contribution in [0.1, 0.15) is 23.3 Å². The molecule has 2 aromatic rings. The Hall–Kier alpha value is -2.58. The maximum atomic E-state index is 13.1. The minimum atomic E-state index is -0.411. The predicted molar refractivity (Wildman–Crippen MR) is 98.5 cm³/mol. The van der Waals surface area contributed by atoms with Gasteiger partial charge in [-0.25, -0.2) is 4.39 Å². The Morgan fingerprint density at radius 3 is 2.63 bits per heavy atom. The van der Waals surface area contributed by atoms with Crippen molar-refractivity contribution in [1.82, 2.24) is 20.4 Å². The molecule has 1 aromatic heterocycles. The van der Waals surface area contributed by atoms with Crippen LogP contribution in [0.4, 0.5) is 4.39 Å². The maximum absolute atomic E-state index is 13.1. The molecule has 144 valence electrons. The molecule has 8 heteroatoms. The van der Waals surface area contributed by atoms with E-state index in [2.05, 4.69) is 15.7 Å². The fraction of sp³-hybridized carbons (Fsp3) is 0.421.